The number of oxazole rings is 1. The van der Waals surface area contributed by atoms with Gasteiger partial charge in [-0.15, -0.1) is 0 Å². The second-order valence-electron chi connectivity index (χ2n) is 4.14. The van der Waals surface area contributed by atoms with Crippen LogP contribution in [0.2, 0.25) is 0 Å². The number of nitrogens with zero attached hydrogens (tertiary/aromatic N) is 2. The van der Waals surface area contributed by atoms with Gasteiger partial charge in [-0.2, -0.15) is 0 Å². The normalized spacial score (nSPS) is 18.2. The smallest absolute Gasteiger partial charge is 0.392 e. The van der Waals surface area contributed by atoms with Crippen molar-refractivity contribution in [3.05, 3.63) is 17.8 Å². The van der Waals surface area contributed by atoms with Crippen LogP contribution in [0.1, 0.15) is 42.1 Å². The first kappa shape index (κ1) is 11.1. The van der Waals surface area contributed by atoms with E-state index >= 15 is 0 Å². The molecule has 1 fully saturated rings. The van der Waals surface area contributed by atoms with E-state index in [-0.39, 0.29) is 5.89 Å². The van der Waals surface area contributed by atoms with Crippen molar-refractivity contribution in [2.24, 2.45) is 0 Å². The lowest BCUT2D eigenvalue weighted by molar-refractivity contribution is 0.0653. The van der Waals surface area contributed by atoms with Gasteiger partial charge in [0.1, 0.15) is 6.26 Å². The molecule has 1 aromatic heterocycles. The monoisotopic (exact) mass is 224 g/mol. The Labute approximate surface area is 94.1 Å². The van der Waals surface area contributed by atoms with Crippen LogP contribution in [0, 0.1) is 0 Å². The molecule has 0 amide bonds. The Morgan fingerprint density at radius 3 is 2.62 bits per heavy atom. The van der Waals surface area contributed by atoms with E-state index in [1.807, 2.05) is 0 Å². The van der Waals surface area contributed by atoms with E-state index in [9.17, 15) is 4.79 Å². The highest BCUT2D eigenvalue weighted by molar-refractivity contribution is 5.82. The number of carboxylic acid groups (broad SMARTS) is 1. The fourth-order valence-electron chi connectivity index (χ4n) is 2.00. The van der Waals surface area contributed by atoms with Crippen molar-refractivity contribution in [1.82, 2.24) is 9.88 Å². The van der Waals surface area contributed by atoms with Crippen LogP contribution < -0.4 is 0 Å². The molecule has 0 atom stereocenters. The molecule has 1 aliphatic rings. The Bertz CT molecular complexity index is 354. The van der Waals surface area contributed by atoms with Gasteiger partial charge in [-0.25, -0.2) is 9.78 Å². The molecule has 5 heteroatoms. The zero-order valence-electron chi connectivity index (χ0n) is 9.19. The van der Waals surface area contributed by atoms with Crippen molar-refractivity contribution < 1.29 is 14.3 Å². The fraction of sp³-hybridized carbons (Fsp3) is 0.636. The summed E-state index contributed by atoms with van der Waals surface area (Å²) >= 11 is 0. The lowest BCUT2D eigenvalue weighted by Gasteiger charge is -2.17. The van der Waals surface area contributed by atoms with E-state index in [0.29, 0.717) is 12.2 Å². The third-order valence-corrected chi connectivity index (χ3v) is 2.82. The minimum Gasteiger partial charge on any atom is -0.474 e. The Morgan fingerprint density at radius 2 is 2.06 bits per heavy atom. The van der Waals surface area contributed by atoms with E-state index in [1.54, 1.807) is 0 Å². The number of likely N-dealkylation sites (tertiary alicyclic amines) is 1. The zero-order valence-corrected chi connectivity index (χ0v) is 9.19. The SMILES string of the molecule is O=C(O)c1nc(CN2CCCCCC2)co1. The van der Waals surface area contributed by atoms with E-state index < -0.39 is 5.97 Å². The summed E-state index contributed by atoms with van der Waals surface area (Å²) in [6, 6.07) is 0. The first-order valence-corrected chi connectivity index (χ1v) is 5.66. The van der Waals surface area contributed by atoms with E-state index in [2.05, 4.69) is 9.88 Å². The van der Waals surface area contributed by atoms with Gasteiger partial charge in [-0.05, 0) is 25.9 Å². The van der Waals surface area contributed by atoms with E-state index in [0.717, 1.165) is 13.1 Å². The van der Waals surface area contributed by atoms with Crippen LogP contribution in [-0.4, -0.2) is 34.0 Å². The first-order chi connectivity index (χ1) is 7.75. The quantitative estimate of drug-likeness (QED) is 0.847. The predicted molar refractivity (Wildman–Crippen MR) is 57.2 cm³/mol. The molecule has 2 heterocycles. The molecule has 0 spiro atoms. The number of hydrogen-bond acceptors (Lipinski definition) is 4. The molecule has 2 rings (SSSR count). The molecule has 1 N–H and O–H groups in total. The summed E-state index contributed by atoms with van der Waals surface area (Å²) in [6.07, 6.45) is 6.44. The van der Waals surface area contributed by atoms with Crippen molar-refractivity contribution in [2.45, 2.75) is 32.2 Å². The highest BCUT2D eigenvalue weighted by Gasteiger charge is 2.14. The summed E-state index contributed by atoms with van der Waals surface area (Å²) < 4.78 is 4.86. The summed E-state index contributed by atoms with van der Waals surface area (Å²) in [5.41, 5.74) is 0.708. The van der Waals surface area contributed by atoms with Crippen molar-refractivity contribution >= 4 is 5.97 Å². The number of hydrogen-bond donors (Lipinski definition) is 1. The van der Waals surface area contributed by atoms with Gasteiger partial charge in [0.05, 0.1) is 5.69 Å². The molecule has 0 bridgehead atoms. The lowest BCUT2D eigenvalue weighted by Crippen LogP contribution is -2.24. The van der Waals surface area contributed by atoms with Crippen molar-refractivity contribution in [3.8, 4) is 0 Å². The first-order valence-electron chi connectivity index (χ1n) is 5.66. The van der Waals surface area contributed by atoms with Gasteiger partial charge in [0.15, 0.2) is 0 Å². The molecule has 16 heavy (non-hydrogen) atoms. The molecule has 0 aromatic carbocycles. The van der Waals surface area contributed by atoms with Gasteiger partial charge >= 0.3 is 11.9 Å². The Kier molecular flexibility index (Phi) is 3.56. The molecule has 88 valence electrons. The maximum absolute atomic E-state index is 10.6. The fourth-order valence-corrected chi connectivity index (χ4v) is 2.00. The summed E-state index contributed by atoms with van der Waals surface area (Å²) in [6.45, 7) is 2.82. The van der Waals surface area contributed by atoms with Crippen LogP contribution in [0.5, 0.6) is 0 Å². The molecule has 1 aliphatic heterocycles. The maximum atomic E-state index is 10.6. The lowest BCUT2D eigenvalue weighted by atomic mass is 10.2. The molecule has 0 saturated carbocycles. The third-order valence-electron chi connectivity index (χ3n) is 2.82. The predicted octanol–water partition coefficient (Wildman–Crippen LogP) is 1.75. The van der Waals surface area contributed by atoms with Gasteiger partial charge in [-0.1, -0.05) is 12.8 Å². The Morgan fingerprint density at radius 1 is 1.38 bits per heavy atom. The van der Waals surface area contributed by atoms with Crippen molar-refractivity contribution in [3.63, 3.8) is 0 Å². The molecular weight excluding hydrogens is 208 g/mol. The molecule has 1 saturated heterocycles. The molecule has 1 aromatic rings. The standard InChI is InChI=1S/C11H16N2O3/c14-11(15)10-12-9(8-16-10)7-13-5-3-1-2-4-6-13/h8H,1-7H2,(H,14,15). The number of carboxylic acids is 1. The molecule has 0 radical (unpaired) electrons. The Hall–Kier alpha value is -1.36. The number of aromatic carboxylic acids is 1. The molecule has 5 nitrogen and oxygen atoms in total. The van der Waals surface area contributed by atoms with Crippen LogP contribution >= 0.6 is 0 Å². The van der Waals surface area contributed by atoms with Gasteiger partial charge < -0.3 is 9.52 Å². The highest BCUT2D eigenvalue weighted by Crippen LogP contribution is 2.13. The van der Waals surface area contributed by atoms with Gasteiger partial charge in [-0.3, -0.25) is 4.90 Å². The van der Waals surface area contributed by atoms with Crippen LogP contribution in [0.15, 0.2) is 10.7 Å². The van der Waals surface area contributed by atoms with Crippen LogP contribution in [-0.2, 0) is 6.54 Å². The second-order valence-corrected chi connectivity index (χ2v) is 4.14. The average Bonchev–Trinajstić information content (AvgIpc) is 2.56. The highest BCUT2D eigenvalue weighted by atomic mass is 16.4. The van der Waals surface area contributed by atoms with Crippen molar-refractivity contribution in [1.29, 1.82) is 0 Å². The van der Waals surface area contributed by atoms with Gasteiger partial charge in [0, 0.05) is 6.54 Å². The van der Waals surface area contributed by atoms with E-state index in [4.69, 9.17) is 9.52 Å². The van der Waals surface area contributed by atoms with Crippen LogP contribution in [0.4, 0.5) is 0 Å². The summed E-state index contributed by atoms with van der Waals surface area (Å²) in [5, 5.41) is 8.68. The molecule has 0 unspecified atom stereocenters. The summed E-state index contributed by atoms with van der Waals surface area (Å²) in [5.74, 6) is -1.33. The Balaban J connectivity index is 1.94. The minimum absolute atomic E-state index is 0.218. The third kappa shape index (κ3) is 2.82. The molecule has 0 aliphatic carbocycles. The average molecular weight is 224 g/mol. The largest absolute Gasteiger partial charge is 0.474 e. The minimum atomic E-state index is -1.11. The van der Waals surface area contributed by atoms with E-state index in [1.165, 1.54) is 31.9 Å². The number of carbonyl (C=O) groups is 1. The topological polar surface area (TPSA) is 66.6 Å². The summed E-state index contributed by atoms with van der Waals surface area (Å²) in [4.78, 5) is 16.8. The second kappa shape index (κ2) is 5.12. The molecular formula is C11H16N2O3. The summed E-state index contributed by atoms with van der Waals surface area (Å²) in [7, 11) is 0. The maximum Gasteiger partial charge on any atom is 0.392 e. The van der Waals surface area contributed by atoms with Gasteiger partial charge in [0.25, 0.3) is 0 Å². The zero-order chi connectivity index (χ0) is 11.4. The van der Waals surface area contributed by atoms with Gasteiger partial charge in [0.2, 0.25) is 0 Å². The number of aromatic nitrogens is 1. The van der Waals surface area contributed by atoms with Crippen LogP contribution in [0.3, 0.4) is 0 Å². The number of rotatable bonds is 3. The van der Waals surface area contributed by atoms with Crippen LogP contribution in [0.25, 0.3) is 0 Å². The van der Waals surface area contributed by atoms with Crippen molar-refractivity contribution in [2.75, 3.05) is 13.1 Å².